The summed E-state index contributed by atoms with van der Waals surface area (Å²) in [6, 6.07) is 7.05. The molecule has 1 aromatic carbocycles. The van der Waals surface area contributed by atoms with Crippen molar-refractivity contribution in [2.75, 3.05) is 33.2 Å². The number of hydrogen-bond acceptors (Lipinski definition) is 4. The summed E-state index contributed by atoms with van der Waals surface area (Å²) in [5, 5.41) is 3.71. The number of thiophene rings is 1. The molecule has 146 valence electrons. The molecule has 0 amide bonds. The third-order valence-corrected chi connectivity index (χ3v) is 6.75. The Hall–Kier alpha value is -1.27. The molecule has 6 heteroatoms. The molecule has 0 unspecified atom stereocenters. The van der Waals surface area contributed by atoms with Crippen molar-refractivity contribution in [3.8, 4) is 10.4 Å². The molecule has 27 heavy (non-hydrogen) atoms. The summed E-state index contributed by atoms with van der Waals surface area (Å²) >= 11 is 7.25. The summed E-state index contributed by atoms with van der Waals surface area (Å²) in [5.41, 5.74) is 1.56. The molecule has 2 saturated heterocycles. The Balaban J connectivity index is 0.000000299. The SMILES string of the molecule is CN1CCCC1.O=Cc1sc(-c2ccc(C3CCNCC3)c(F)c2)cc1Cl. The van der Waals surface area contributed by atoms with E-state index >= 15 is 0 Å². The Morgan fingerprint density at radius 1 is 1.22 bits per heavy atom. The second-order valence-corrected chi connectivity index (χ2v) is 8.70. The van der Waals surface area contributed by atoms with E-state index in [4.69, 9.17) is 11.6 Å². The Morgan fingerprint density at radius 2 is 1.93 bits per heavy atom. The van der Waals surface area contributed by atoms with Crippen molar-refractivity contribution in [1.82, 2.24) is 10.2 Å². The van der Waals surface area contributed by atoms with Crippen LogP contribution in [-0.2, 0) is 0 Å². The molecular weight excluding hydrogens is 383 g/mol. The van der Waals surface area contributed by atoms with Gasteiger partial charge >= 0.3 is 0 Å². The fourth-order valence-electron chi connectivity index (χ4n) is 3.63. The van der Waals surface area contributed by atoms with Gasteiger partial charge in [-0.2, -0.15) is 0 Å². The molecule has 2 fully saturated rings. The number of nitrogens with zero attached hydrogens (tertiary/aromatic N) is 1. The second-order valence-electron chi connectivity index (χ2n) is 7.21. The number of piperidine rings is 1. The Labute approximate surface area is 169 Å². The van der Waals surface area contributed by atoms with E-state index in [-0.39, 0.29) is 11.7 Å². The first-order chi connectivity index (χ1) is 13.1. The van der Waals surface area contributed by atoms with E-state index < -0.39 is 0 Å². The minimum Gasteiger partial charge on any atom is -0.317 e. The van der Waals surface area contributed by atoms with Crippen molar-refractivity contribution in [3.05, 3.63) is 45.5 Å². The van der Waals surface area contributed by atoms with Crippen molar-refractivity contribution in [1.29, 1.82) is 0 Å². The number of benzene rings is 1. The molecular formula is C21H26ClFN2OS. The van der Waals surface area contributed by atoms with Gasteiger partial charge in [-0.1, -0.05) is 23.7 Å². The molecule has 0 radical (unpaired) electrons. The van der Waals surface area contributed by atoms with Crippen LogP contribution in [0.5, 0.6) is 0 Å². The minimum atomic E-state index is -0.170. The van der Waals surface area contributed by atoms with Crippen LogP contribution in [0.15, 0.2) is 24.3 Å². The topological polar surface area (TPSA) is 32.3 Å². The number of rotatable bonds is 3. The van der Waals surface area contributed by atoms with E-state index in [1.807, 2.05) is 12.1 Å². The number of carbonyl (C=O) groups is 1. The first-order valence-electron chi connectivity index (χ1n) is 9.52. The van der Waals surface area contributed by atoms with Gasteiger partial charge < -0.3 is 10.2 Å². The third kappa shape index (κ3) is 5.38. The smallest absolute Gasteiger partial charge is 0.161 e. The number of nitrogens with one attached hydrogen (secondary N) is 1. The minimum absolute atomic E-state index is 0.170. The highest BCUT2D eigenvalue weighted by atomic mass is 35.5. The predicted molar refractivity (Wildman–Crippen MR) is 112 cm³/mol. The van der Waals surface area contributed by atoms with Gasteiger partial charge in [0.15, 0.2) is 6.29 Å². The number of hydrogen-bond donors (Lipinski definition) is 1. The van der Waals surface area contributed by atoms with Crippen molar-refractivity contribution in [3.63, 3.8) is 0 Å². The number of carbonyl (C=O) groups excluding carboxylic acids is 1. The van der Waals surface area contributed by atoms with Gasteiger partial charge in [0.25, 0.3) is 0 Å². The first-order valence-corrected chi connectivity index (χ1v) is 10.7. The van der Waals surface area contributed by atoms with Gasteiger partial charge in [-0.3, -0.25) is 4.79 Å². The number of halogens is 2. The van der Waals surface area contributed by atoms with E-state index in [1.165, 1.54) is 37.3 Å². The molecule has 2 aromatic rings. The van der Waals surface area contributed by atoms with Gasteiger partial charge in [-0.05, 0) is 88.1 Å². The van der Waals surface area contributed by atoms with E-state index in [9.17, 15) is 9.18 Å². The van der Waals surface area contributed by atoms with Crippen molar-refractivity contribution < 1.29 is 9.18 Å². The summed E-state index contributed by atoms with van der Waals surface area (Å²) in [6.45, 7) is 4.52. The van der Waals surface area contributed by atoms with Gasteiger partial charge in [0.2, 0.25) is 0 Å². The van der Waals surface area contributed by atoms with Crippen LogP contribution in [0.2, 0.25) is 5.02 Å². The van der Waals surface area contributed by atoms with Gasteiger partial charge in [-0.25, -0.2) is 4.39 Å². The van der Waals surface area contributed by atoms with Crippen LogP contribution >= 0.6 is 22.9 Å². The summed E-state index contributed by atoms with van der Waals surface area (Å²) in [6.07, 6.45) is 5.50. The van der Waals surface area contributed by atoms with Crippen LogP contribution in [-0.4, -0.2) is 44.4 Å². The lowest BCUT2D eigenvalue weighted by Gasteiger charge is -2.23. The van der Waals surface area contributed by atoms with E-state index in [1.54, 1.807) is 12.1 Å². The van der Waals surface area contributed by atoms with Gasteiger partial charge in [-0.15, -0.1) is 11.3 Å². The molecule has 0 aliphatic carbocycles. The van der Waals surface area contributed by atoms with Crippen LogP contribution in [0.25, 0.3) is 10.4 Å². The molecule has 0 bridgehead atoms. The molecule has 0 saturated carbocycles. The Morgan fingerprint density at radius 3 is 2.44 bits per heavy atom. The van der Waals surface area contributed by atoms with Gasteiger partial charge in [0.1, 0.15) is 5.82 Å². The van der Waals surface area contributed by atoms with Crippen LogP contribution in [0.4, 0.5) is 4.39 Å². The van der Waals surface area contributed by atoms with E-state index in [2.05, 4.69) is 17.3 Å². The maximum atomic E-state index is 14.4. The number of likely N-dealkylation sites (tertiary alicyclic amines) is 1. The lowest BCUT2D eigenvalue weighted by Crippen LogP contribution is -2.27. The Kier molecular flexibility index (Phi) is 7.41. The quantitative estimate of drug-likeness (QED) is 0.708. The highest BCUT2D eigenvalue weighted by Crippen LogP contribution is 2.36. The average molecular weight is 409 g/mol. The first kappa shape index (κ1) is 20.5. The summed E-state index contributed by atoms with van der Waals surface area (Å²) in [5.74, 6) is 0.120. The molecule has 2 aliphatic rings. The highest BCUT2D eigenvalue weighted by Gasteiger charge is 2.19. The van der Waals surface area contributed by atoms with Gasteiger partial charge in [0.05, 0.1) is 9.90 Å². The molecule has 4 rings (SSSR count). The van der Waals surface area contributed by atoms with Crippen LogP contribution in [0.1, 0.15) is 46.8 Å². The molecule has 0 spiro atoms. The molecule has 0 atom stereocenters. The van der Waals surface area contributed by atoms with Crippen LogP contribution in [0.3, 0.4) is 0 Å². The third-order valence-electron chi connectivity index (χ3n) is 5.21. The van der Waals surface area contributed by atoms with Crippen molar-refractivity contribution >= 4 is 29.2 Å². The second kappa shape index (κ2) is 9.78. The summed E-state index contributed by atoms with van der Waals surface area (Å²) in [4.78, 5) is 14.5. The largest absolute Gasteiger partial charge is 0.317 e. The maximum absolute atomic E-state index is 14.4. The maximum Gasteiger partial charge on any atom is 0.161 e. The van der Waals surface area contributed by atoms with Crippen molar-refractivity contribution in [2.24, 2.45) is 0 Å². The average Bonchev–Trinajstić information content (AvgIpc) is 3.31. The highest BCUT2D eigenvalue weighted by molar-refractivity contribution is 7.17. The van der Waals surface area contributed by atoms with Gasteiger partial charge in [0, 0.05) is 4.88 Å². The summed E-state index contributed by atoms with van der Waals surface area (Å²) in [7, 11) is 2.17. The lowest BCUT2D eigenvalue weighted by atomic mass is 9.89. The monoisotopic (exact) mass is 408 g/mol. The molecule has 3 nitrogen and oxygen atoms in total. The van der Waals surface area contributed by atoms with Crippen LogP contribution < -0.4 is 5.32 Å². The van der Waals surface area contributed by atoms with Crippen LogP contribution in [0, 0.1) is 5.82 Å². The zero-order valence-corrected chi connectivity index (χ0v) is 17.2. The zero-order chi connectivity index (χ0) is 19.2. The fraction of sp³-hybridized carbons (Fsp3) is 0.476. The molecule has 1 aromatic heterocycles. The zero-order valence-electron chi connectivity index (χ0n) is 15.6. The molecule has 3 heterocycles. The standard InChI is InChI=1S/C16H15ClFNOS.C5H11N/c17-13-8-15(21-16(13)9-20)11-1-2-12(14(18)7-11)10-3-5-19-6-4-10;1-6-4-2-3-5-6/h1-2,7-10,19H,3-6H2;2-5H2,1H3. The lowest BCUT2D eigenvalue weighted by molar-refractivity contribution is 0.112. The molecule has 2 aliphatic heterocycles. The van der Waals surface area contributed by atoms with E-state index in [0.717, 1.165) is 48.2 Å². The normalized spacial score (nSPS) is 18.2. The fourth-order valence-corrected chi connectivity index (χ4v) is 4.82. The number of aldehydes is 1. The van der Waals surface area contributed by atoms with E-state index in [0.29, 0.717) is 9.90 Å². The Bertz CT molecular complexity index is 768. The summed E-state index contributed by atoms with van der Waals surface area (Å²) < 4.78 is 14.4. The van der Waals surface area contributed by atoms with Crippen molar-refractivity contribution in [2.45, 2.75) is 31.6 Å². The predicted octanol–water partition coefficient (Wildman–Crippen LogP) is 5.20. The molecule has 1 N–H and O–H groups in total.